The number of aromatic amines is 1. The third-order valence-corrected chi connectivity index (χ3v) is 3.17. The van der Waals surface area contributed by atoms with Crippen molar-refractivity contribution < 1.29 is 14.7 Å². The molecule has 3 N–H and O–H groups in total. The number of hydrogen-bond donors (Lipinski definition) is 3. The van der Waals surface area contributed by atoms with Gasteiger partial charge in [0.25, 0.3) is 0 Å². The van der Waals surface area contributed by atoms with E-state index >= 15 is 0 Å². The standard InChI is InChI=1S/C15H18N2O3/c1-10(17-14(18)6-7-15(19)20)8-11-9-16-13-5-3-2-4-12(11)13/h2-5,9-10,16H,6-8H2,1H3,(H,17,18)(H,19,20)/t10-/m0/s1. The van der Waals surface area contributed by atoms with Gasteiger partial charge in [0.2, 0.25) is 5.91 Å². The Bertz CT molecular complexity index is 618. The molecule has 1 aromatic carbocycles. The number of H-pyrrole nitrogens is 1. The van der Waals surface area contributed by atoms with Gasteiger partial charge < -0.3 is 15.4 Å². The van der Waals surface area contributed by atoms with Crippen LogP contribution in [-0.2, 0) is 16.0 Å². The minimum Gasteiger partial charge on any atom is -0.481 e. The van der Waals surface area contributed by atoms with Crippen LogP contribution in [0.2, 0.25) is 0 Å². The highest BCUT2D eigenvalue weighted by Crippen LogP contribution is 2.18. The molecule has 1 amide bonds. The minimum atomic E-state index is -0.954. The van der Waals surface area contributed by atoms with E-state index in [0.717, 1.165) is 16.5 Å². The van der Waals surface area contributed by atoms with Crippen molar-refractivity contribution in [2.24, 2.45) is 0 Å². The van der Waals surface area contributed by atoms with Gasteiger partial charge in [0.1, 0.15) is 0 Å². The average molecular weight is 274 g/mol. The number of aromatic nitrogens is 1. The van der Waals surface area contributed by atoms with Gasteiger partial charge in [-0.2, -0.15) is 0 Å². The number of rotatable bonds is 6. The van der Waals surface area contributed by atoms with E-state index < -0.39 is 5.97 Å². The molecule has 0 bridgehead atoms. The summed E-state index contributed by atoms with van der Waals surface area (Å²) in [4.78, 5) is 25.2. The molecular weight excluding hydrogens is 256 g/mol. The molecule has 106 valence electrons. The molecule has 0 radical (unpaired) electrons. The summed E-state index contributed by atoms with van der Waals surface area (Å²) in [6.45, 7) is 1.92. The highest BCUT2D eigenvalue weighted by atomic mass is 16.4. The van der Waals surface area contributed by atoms with E-state index in [9.17, 15) is 9.59 Å². The number of carbonyl (C=O) groups excluding carboxylic acids is 1. The number of carboxylic acids is 1. The average Bonchev–Trinajstić information content (AvgIpc) is 2.80. The van der Waals surface area contributed by atoms with E-state index in [4.69, 9.17) is 5.11 Å². The second kappa shape index (κ2) is 6.23. The molecule has 5 heteroatoms. The summed E-state index contributed by atoms with van der Waals surface area (Å²) in [5.41, 5.74) is 2.22. The maximum Gasteiger partial charge on any atom is 0.303 e. The predicted molar refractivity (Wildman–Crippen MR) is 76.5 cm³/mol. The maximum absolute atomic E-state index is 11.6. The first-order valence-electron chi connectivity index (χ1n) is 6.62. The molecule has 5 nitrogen and oxygen atoms in total. The van der Waals surface area contributed by atoms with Crippen LogP contribution in [0.3, 0.4) is 0 Å². The fourth-order valence-electron chi connectivity index (χ4n) is 2.25. The summed E-state index contributed by atoms with van der Waals surface area (Å²) in [6, 6.07) is 7.97. The van der Waals surface area contributed by atoms with Crippen LogP contribution in [0.4, 0.5) is 0 Å². The zero-order valence-corrected chi connectivity index (χ0v) is 11.3. The van der Waals surface area contributed by atoms with Gasteiger partial charge in [0.15, 0.2) is 0 Å². The summed E-state index contributed by atoms with van der Waals surface area (Å²) in [5.74, 6) is -1.18. The Kier molecular flexibility index (Phi) is 4.40. The highest BCUT2D eigenvalue weighted by molar-refractivity contribution is 5.83. The molecule has 0 spiro atoms. The van der Waals surface area contributed by atoms with Crippen LogP contribution < -0.4 is 5.32 Å². The number of hydrogen-bond acceptors (Lipinski definition) is 2. The molecule has 1 aromatic heterocycles. The zero-order valence-electron chi connectivity index (χ0n) is 11.3. The van der Waals surface area contributed by atoms with E-state index in [2.05, 4.69) is 10.3 Å². The van der Waals surface area contributed by atoms with Crippen LogP contribution >= 0.6 is 0 Å². The molecule has 0 aliphatic carbocycles. The Morgan fingerprint density at radius 3 is 2.80 bits per heavy atom. The number of amides is 1. The number of carboxylic acid groups (broad SMARTS) is 1. The monoisotopic (exact) mass is 274 g/mol. The quantitative estimate of drug-likeness (QED) is 0.754. The second-order valence-electron chi connectivity index (χ2n) is 4.93. The first-order chi connectivity index (χ1) is 9.56. The Balaban J connectivity index is 1.92. The molecule has 2 aromatic rings. The number of para-hydroxylation sites is 1. The first-order valence-corrected chi connectivity index (χ1v) is 6.62. The van der Waals surface area contributed by atoms with Crippen LogP contribution in [0.5, 0.6) is 0 Å². The van der Waals surface area contributed by atoms with Gasteiger partial charge in [-0.1, -0.05) is 18.2 Å². The maximum atomic E-state index is 11.6. The molecule has 0 fully saturated rings. The van der Waals surface area contributed by atoms with Gasteiger partial charge >= 0.3 is 5.97 Å². The molecule has 0 aliphatic heterocycles. The number of fused-ring (bicyclic) bond motifs is 1. The van der Waals surface area contributed by atoms with E-state index in [-0.39, 0.29) is 24.8 Å². The van der Waals surface area contributed by atoms with Crippen molar-refractivity contribution in [1.29, 1.82) is 0 Å². The molecule has 20 heavy (non-hydrogen) atoms. The summed E-state index contributed by atoms with van der Waals surface area (Å²) in [6.07, 6.45) is 2.55. The smallest absolute Gasteiger partial charge is 0.303 e. The van der Waals surface area contributed by atoms with Crippen molar-refractivity contribution in [3.63, 3.8) is 0 Å². The molecule has 0 saturated carbocycles. The van der Waals surface area contributed by atoms with E-state index in [0.29, 0.717) is 6.42 Å². The summed E-state index contributed by atoms with van der Waals surface area (Å²) in [7, 11) is 0. The number of benzene rings is 1. The van der Waals surface area contributed by atoms with Gasteiger partial charge in [0, 0.05) is 29.6 Å². The van der Waals surface area contributed by atoms with Crippen molar-refractivity contribution in [3.8, 4) is 0 Å². The van der Waals surface area contributed by atoms with Gasteiger partial charge in [-0.15, -0.1) is 0 Å². The summed E-state index contributed by atoms with van der Waals surface area (Å²) >= 11 is 0. The molecule has 2 rings (SSSR count). The van der Waals surface area contributed by atoms with E-state index in [1.807, 2.05) is 37.4 Å². The Morgan fingerprint density at radius 1 is 1.30 bits per heavy atom. The Morgan fingerprint density at radius 2 is 2.05 bits per heavy atom. The van der Waals surface area contributed by atoms with Crippen LogP contribution in [0.15, 0.2) is 30.5 Å². The van der Waals surface area contributed by atoms with Crippen LogP contribution in [0.1, 0.15) is 25.3 Å². The van der Waals surface area contributed by atoms with Crippen molar-refractivity contribution in [1.82, 2.24) is 10.3 Å². The number of nitrogens with one attached hydrogen (secondary N) is 2. The van der Waals surface area contributed by atoms with Gasteiger partial charge in [0.05, 0.1) is 6.42 Å². The first kappa shape index (κ1) is 14.1. The van der Waals surface area contributed by atoms with Gasteiger partial charge in [-0.25, -0.2) is 0 Å². The van der Waals surface area contributed by atoms with Crippen LogP contribution in [-0.4, -0.2) is 28.0 Å². The Labute approximate surface area is 117 Å². The fraction of sp³-hybridized carbons (Fsp3) is 0.333. The number of carbonyl (C=O) groups is 2. The van der Waals surface area contributed by atoms with Crippen LogP contribution in [0.25, 0.3) is 10.9 Å². The molecule has 0 saturated heterocycles. The SMILES string of the molecule is C[C@@H](Cc1c[nH]c2ccccc12)NC(=O)CCC(=O)O. The third-order valence-electron chi connectivity index (χ3n) is 3.17. The van der Waals surface area contributed by atoms with Crippen molar-refractivity contribution in [2.75, 3.05) is 0 Å². The highest BCUT2D eigenvalue weighted by Gasteiger charge is 2.11. The Hall–Kier alpha value is -2.30. The lowest BCUT2D eigenvalue weighted by Crippen LogP contribution is -2.34. The van der Waals surface area contributed by atoms with Gasteiger partial charge in [-0.05, 0) is 25.0 Å². The predicted octanol–water partition coefficient (Wildman–Crippen LogP) is 2.08. The van der Waals surface area contributed by atoms with E-state index in [1.165, 1.54) is 0 Å². The zero-order chi connectivity index (χ0) is 14.5. The molecule has 0 aliphatic rings. The van der Waals surface area contributed by atoms with Gasteiger partial charge in [-0.3, -0.25) is 9.59 Å². The number of aliphatic carboxylic acids is 1. The lowest BCUT2D eigenvalue weighted by Gasteiger charge is -2.13. The lowest BCUT2D eigenvalue weighted by molar-refractivity contribution is -0.138. The van der Waals surface area contributed by atoms with E-state index in [1.54, 1.807) is 0 Å². The van der Waals surface area contributed by atoms with Crippen LogP contribution in [0, 0.1) is 0 Å². The topological polar surface area (TPSA) is 82.2 Å². The summed E-state index contributed by atoms with van der Waals surface area (Å²) < 4.78 is 0. The van der Waals surface area contributed by atoms with Crippen molar-refractivity contribution in [3.05, 3.63) is 36.0 Å². The normalized spacial score (nSPS) is 12.2. The van der Waals surface area contributed by atoms with Crippen molar-refractivity contribution >= 4 is 22.8 Å². The largest absolute Gasteiger partial charge is 0.481 e. The van der Waals surface area contributed by atoms with Crippen molar-refractivity contribution in [2.45, 2.75) is 32.2 Å². The summed E-state index contributed by atoms with van der Waals surface area (Å²) in [5, 5.41) is 12.5. The molecule has 1 atom stereocenters. The molecular formula is C15H18N2O3. The second-order valence-corrected chi connectivity index (χ2v) is 4.93. The fourth-order valence-corrected chi connectivity index (χ4v) is 2.25. The third kappa shape index (κ3) is 3.60. The molecule has 0 unspecified atom stereocenters. The molecule has 1 heterocycles. The minimum absolute atomic E-state index is 0.0214. The lowest BCUT2D eigenvalue weighted by atomic mass is 10.1.